The first-order chi connectivity index (χ1) is 8.95. The predicted octanol–water partition coefficient (Wildman–Crippen LogP) is 0.779. The van der Waals surface area contributed by atoms with Crippen LogP contribution in [0.4, 0.5) is 0 Å². The number of likely N-dealkylation sites (tertiary alicyclic amines) is 1. The van der Waals surface area contributed by atoms with E-state index in [2.05, 4.69) is 11.9 Å². The van der Waals surface area contributed by atoms with Crippen LogP contribution in [-0.2, 0) is 16.6 Å². The lowest BCUT2D eigenvalue weighted by Gasteiger charge is -2.21. The summed E-state index contributed by atoms with van der Waals surface area (Å²) in [6.07, 6.45) is 1.06. The van der Waals surface area contributed by atoms with E-state index < -0.39 is 10.0 Å². The molecule has 0 aromatic carbocycles. The molecule has 2 N–H and O–H groups in total. The maximum atomic E-state index is 12.5. The van der Waals surface area contributed by atoms with Gasteiger partial charge in [-0.3, -0.25) is 0 Å². The number of sulfonamides is 1. The fourth-order valence-corrected chi connectivity index (χ4v) is 5.06. The smallest absolute Gasteiger partial charge is 0.243 e. The van der Waals surface area contributed by atoms with Gasteiger partial charge in [0.25, 0.3) is 0 Å². The first kappa shape index (κ1) is 14.9. The molecule has 2 rings (SSSR count). The minimum atomic E-state index is -3.40. The van der Waals surface area contributed by atoms with E-state index in [1.54, 1.807) is 18.5 Å². The monoisotopic (exact) mass is 303 g/mol. The average Bonchev–Trinajstić information content (AvgIpc) is 2.97. The molecule has 1 aliphatic rings. The quantitative estimate of drug-likeness (QED) is 0.873. The van der Waals surface area contributed by atoms with Crippen LogP contribution in [0.3, 0.4) is 0 Å². The third kappa shape index (κ3) is 3.17. The van der Waals surface area contributed by atoms with Crippen LogP contribution in [0.15, 0.2) is 16.3 Å². The molecule has 5 nitrogen and oxygen atoms in total. The molecular weight excluding hydrogens is 282 g/mol. The van der Waals surface area contributed by atoms with Crippen molar-refractivity contribution in [1.82, 2.24) is 9.21 Å². The van der Waals surface area contributed by atoms with Gasteiger partial charge in [-0.2, -0.15) is 0 Å². The third-order valence-corrected chi connectivity index (χ3v) is 6.56. The molecular formula is C12H21N3O2S2. The lowest BCUT2D eigenvalue weighted by atomic mass is 10.1. The van der Waals surface area contributed by atoms with Crippen LogP contribution in [0.25, 0.3) is 0 Å². The normalized spacial score (nSPS) is 21.4. The molecule has 1 unspecified atom stereocenters. The SMILES string of the molecule is CN1CCC(CN(C)S(=O)(=O)c2ccsc2CN)C1. The molecule has 108 valence electrons. The van der Waals surface area contributed by atoms with Crippen molar-refractivity contribution >= 4 is 21.4 Å². The maximum absolute atomic E-state index is 12.5. The van der Waals surface area contributed by atoms with Gasteiger partial charge in [0.1, 0.15) is 0 Å². The molecule has 2 heterocycles. The predicted molar refractivity (Wildman–Crippen MR) is 77.6 cm³/mol. The van der Waals surface area contributed by atoms with Crippen molar-refractivity contribution in [2.75, 3.05) is 33.7 Å². The topological polar surface area (TPSA) is 66.6 Å². The molecule has 1 aromatic rings. The van der Waals surface area contributed by atoms with Gasteiger partial charge >= 0.3 is 0 Å². The Morgan fingerprint density at radius 1 is 1.58 bits per heavy atom. The molecule has 0 spiro atoms. The average molecular weight is 303 g/mol. The fraction of sp³-hybridized carbons (Fsp3) is 0.667. The molecule has 1 saturated heterocycles. The Morgan fingerprint density at radius 2 is 2.32 bits per heavy atom. The Bertz CT molecular complexity index is 527. The van der Waals surface area contributed by atoms with Crippen molar-refractivity contribution in [3.8, 4) is 0 Å². The summed E-state index contributed by atoms with van der Waals surface area (Å²) in [4.78, 5) is 3.34. The van der Waals surface area contributed by atoms with E-state index in [-0.39, 0.29) is 6.54 Å². The Balaban J connectivity index is 2.11. The number of thiophene rings is 1. The van der Waals surface area contributed by atoms with E-state index in [0.29, 0.717) is 17.4 Å². The van der Waals surface area contributed by atoms with E-state index >= 15 is 0 Å². The van der Waals surface area contributed by atoms with Crippen molar-refractivity contribution in [1.29, 1.82) is 0 Å². The van der Waals surface area contributed by atoms with E-state index in [0.717, 1.165) is 24.4 Å². The summed E-state index contributed by atoms with van der Waals surface area (Å²) in [6, 6.07) is 1.65. The largest absolute Gasteiger partial charge is 0.326 e. The summed E-state index contributed by atoms with van der Waals surface area (Å²) in [5.41, 5.74) is 5.59. The first-order valence-electron chi connectivity index (χ1n) is 6.36. The van der Waals surface area contributed by atoms with Gasteiger partial charge in [-0.15, -0.1) is 11.3 Å². The second-order valence-corrected chi connectivity index (χ2v) is 8.13. The lowest BCUT2D eigenvalue weighted by molar-refractivity contribution is 0.356. The summed E-state index contributed by atoms with van der Waals surface area (Å²) in [7, 11) is 0.330. The minimum absolute atomic E-state index is 0.270. The van der Waals surface area contributed by atoms with Crippen molar-refractivity contribution in [2.24, 2.45) is 11.7 Å². The molecule has 0 saturated carbocycles. The number of hydrogen-bond donors (Lipinski definition) is 1. The summed E-state index contributed by atoms with van der Waals surface area (Å²) in [5, 5.41) is 1.78. The van der Waals surface area contributed by atoms with E-state index in [4.69, 9.17) is 5.73 Å². The highest BCUT2D eigenvalue weighted by atomic mass is 32.2. The first-order valence-corrected chi connectivity index (χ1v) is 8.68. The zero-order chi connectivity index (χ0) is 14.0. The zero-order valence-electron chi connectivity index (χ0n) is 11.4. The van der Waals surface area contributed by atoms with Crippen LogP contribution in [-0.4, -0.2) is 51.4 Å². The highest BCUT2D eigenvalue weighted by molar-refractivity contribution is 7.89. The molecule has 0 aliphatic carbocycles. The van der Waals surface area contributed by atoms with Crippen molar-refractivity contribution in [3.05, 3.63) is 16.3 Å². The van der Waals surface area contributed by atoms with Crippen LogP contribution in [0.2, 0.25) is 0 Å². The molecule has 0 radical (unpaired) electrons. The Kier molecular flexibility index (Phi) is 4.62. The Morgan fingerprint density at radius 3 is 2.89 bits per heavy atom. The summed E-state index contributed by atoms with van der Waals surface area (Å²) in [5.74, 6) is 0.421. The molecule has 1 aliphatic heterocycles. The number of hydrogen-bond acceptors (Lipinski definition) is 5. The lowest BCUT2D eigenvalue weighted by Crippen LogP contribution is -2.33. The fourth-order valence-electron chi connectivity index (χ4n) is 2.51. The van der Waals surface area contributed by atoms with Gasteiger partial charge in [0.2, 0.25) is 10.0 Å². The maximum Gasteiger partial charge on any atom is 0.243 e. The summed E-state index contributed by atoms with van der Waals surface area (Å²) in [6.45, 7) is 2.86. The molecule has 0 amide bonds. The molecule has 7 heteroatoms. The van der Waals surface area contributed by atoms with Gasteiger partial charge in [-0.25, -0.2) is 12.7 Å². The zero-order valence-corrected chi connectivity index (χ0v) is 13.0. The van der Waals surface area contributed by atoms with Gasteiger partial charge in [-0.05, 0) is 37.4 Å². The second kappa shape index (κ2) is 5.88. The van der Waals surface area contributed by atoms with Gasteiger partial charge < -0.3 is 10.6 Å². The molecule has 0 bridgehead atoms. The van der Waals surface area contributed by atoms with E-state index in [9.17, 15) is 8.42 Å². The van der Waals surface area contributed by atoms with Gasteiger partial charge in [-0.1, -0.05) is 0 Å². The molecule has 1 atom stereocenters. The van der Waals surface area contributed by atoms with E-state index in [1.165, 1.54) is 15.6 Å². The van der Waals surface area contributed by atoms with Crippen LogP contribution < -0.4 is 5.73 Å². The second-order valence-electron chi connectivity index (χ2n) is 5.11. The molecule has 1 aromatic heterocycles. The summed E-state index contributed by atoms with van der Waals surface area (Å²) < 4.78 is 26.5. The van der Waals surface area contributed by atoms with Crippen molar-refractivity contribution in [3.63, 3.8) is 0 Å². The van der Waals surface area contributed by atoms with Gasteiger partial charge in [0.05, 0.1) is 4.90 Å². The summed E-state index contributed by atoms with van der Waals surface area (Å²) >= 11 is 1.40. The van der Waals surface area contributed by atoms with Gasteiger partial charge in [0, 0.05) is 31.6 Å². The molecule has 19 heavy (non-hydrogen) atoms. The number of nitrogens with two attached hydrogens (primary N) is 1. The van der Waals surface area contributed by atoms with Crippen LogP contribution in [0.5, 0.6) is 0 Å². The third-order valence-electron chi connectivity index (χ3n) is 3.58. The van der Waals surface area contributed by atoms with E-state index in [1.807, 2.05) is 0 Å². The van der Waals surface area contributed by atoms with Crippen LogP contribution in [0, 0.1) is 5.92 Å². The Labute approximate surface area is 119 Å². The highest BCUT2D eigenvalue weighted by Gasteiger charge is 2.28. The Hall–Kier alpha value is -0.470. The highest BCUT2D eigenvalue weighted by Crippen LogP contribution is 2.25. The van der Waals surface area contributed by atoms with Crippen LogP contribution in [0.1, 0.15) is 11.3 Å². The molecule has 1 fully saturated rings. The van der Waals surface area contributed by atoms with Crippen molar-refractivity contribution < 1.29 is 8.42 Å². The standard InChI is InChI=1S/C12H21N3O2S2/c1-14-5-3-10(8-14)9-15(2)19(16,17)12-4-6-18-11(12)7-13/h4,6,10H,3,5,7-9,13H2,1-2H3. The van der Waals surface area contributed by atoms with Crippen LogP contribution >= 0.6 is 11.3 Å². The van der Waals surface area contributed by atoms with Crippen molar-refractivity contribution in [2.45, 2.75) is 17.9 Å². The van der Waals surface area contributed by atoms with Gasteiger partial charge in [0.15, 0.2) is 0 Å². The number of nitrogens with zero attached hydrogens (tertiary/aromatic N) is 2. The minimum Gasteiger partial charge on any atom is -0.326 e. The number of rotatable bonds is 5.